The van der Waals surface area contributed by atoms with Crippen molar-refractivity contribution in [2.45, 2.75) is 47.0 Å². The zero-order chi connectivity index (χ0) is 11.0. The predicted octanol–water partition coefficient (Wildman–Crippen LogP) is 3.53. The molecule has 0 unspecified atom stereocenters. The second kappa shape index (κ2) is 7.58. The Morgan fingerprint density at radius 1 is 1.21 bits per heavy atom. The van der Waals surface area contributed by atoms with Crippen LogP contribution in [-0.2, 0) is 0 Å². The third kappa shape index (κ3) is 8.89. The van der Waals surface area contributed by atoms with Gasteiger partial charge in [0.05, 0.1) is 0 Å². The lowest BCUT2D eigenvalue weighted by atomic mass is 9.88. The van der Waals surface area contributed by atoms with E-state index in [1.54, 1.807) is 0 Å². The highest BCUT2D eigenvalue weighted by Gasteiger charge is 2.14. The zero-order valence-electron chi connectivity index (χ0n) is 10.3. The Balaban J connectivity index is 3.21. The molecular formula is C12H27NS. The quantitative estimate of drug-likeness (QED) is 0.629. The number of rotatable bonds is 8. The Labute approximate surface area is 94.2 Å². The normalized spacial score (nSPS) is 12.4. The van der Waals surface area contributed by atoms with Gasteiger partial charge in [-0.25, -0.2) is 0 Å². The fourth-order valence-electron chi connectivity index (χ4n) is 1.18. The molecule has 0 rings (SSSR count). The lowest BCUT2D eigenvalue weighted by molar-refractivity contribution is 0.345. The molecule has 14 heavy (non-hydrogen) atoms. The zero-order valence-corrected chi connectivity index (χ0v) is 11.1. The fraction of sp³-hybridized carbons (Fsp3) is 1.00. The van der Waals surface area contributed by atoms with Gasteiger partial charge in [0.15, 0.2) is 0 Å². The van der Waals surface area contributed by atoms with Crippen molar-refractivity contribution in [3.63, 3.8) is 0 Å². The molecule has 0 aliphatic heterocycles. The van der Waals surface area contributed by atoms with Gasteiger partial charge in [-0.1, -0.05) is 27.7 Å². The van der Waals surface area contributed by atoms with Crippen LogP contribution < -0.4 is 5.73 Å². The summed E-state index contributed by atoms with van der Waals surface area (Å²) in [6.45, 7) is 9.90. The molecule has 0 atom stereocenters. The van der Waals surface area contributed by atoms with Crippen LogP contribution >= 0.6 is 11.8 Å². The molecule has 0 amide bonds. The molecule has 0 saturated heterocycles. The van der Waals surface area contributed by atoms with E-state index in [-0.39, 0.29) is 0 Å². The van der Waals surface area contributed by atoms with Gasteiger partial charge in [0.2, 0.25) is 0 Å². The van der Waals surface area contributed by atoms with Crippen molar-refractivity contribution in [3.05, 3.63) is 0 Å². The summed E-state index contributed by atoms with van der Waals surface area (Å²) in [6.07, 6.45) is 3.93. The van der Waals surface area contributed by atoms with Gasteiger partial charge in [0.1, 0.15) is 0 Å². The molecule has 1 nitrogen and oxygen atoms in total. The third-order valence-corrected chi connectivity index (χ3v) is 3.64. The van der Waals surface area contributed by atoms with Crippen LogP contribution in [0.25, 0.3) is 0 Å². The monoisotopic (exact) mass is 217 g/mol. The number of nitrogens with two attached hydrogens (primary N) is 1. The van der Waals surface area contributed by atoms with Gasteiger partial charge in [-0.05, 0) is 48.6 Å². The van der Waals surface area contributed by atoms with Gasteiger partial charge in [0, 0.05) is 0 Å². The maximum absolute atomic E-state index is 5.68. The Kier molecular flexibility index (Phi) is 7.75. The first-order valence-electron chi connectivity index (χ1n) is 5.76. The molecule has 2 N–H and O–H groups in total. The summed E-state index contributed by atoms with van der Waals surface area (Å²) in [5.41, 5.74) is 6.03. The van der Waals surface area contributed by atoms with Crippen LogP contribution in [0.1, 0.15) is 47.0 Å². The predicted molar refractivity (Wildman–Crippen MR) is 68.8 cm³/mol. The first kappa shape index (κ1) is 14.3. The van der Waals surface area contributed by atoms with Crippen LogP contribution in [0.5, 0.6) is 0 Å². The first-order chi connectivity index (χ1) is 6.48. The summed E-state index contributed by atoms with van der Waals surface area (Å²) in [5.74, 6) is 3.47. The summed E-state index contributed by atoms with van der Waals surface area (Å²) in [4.78, 5) is 0. The lowest BCUT2D eigenvalue weighted by Crippen LogP contribution is -2.23. The SMILES string of the molecule is CC(C)CCSCCCC(C)(C)CN. The van der Waals surface area contributed by atoms with Crippen molar-refractivity contribution < 1.29 is 0 Å². The van der Waals surface area contributed by atoms with Crippen LogP contribution in [0.3, 0.4) is 0 Å². The number of thioether (sulfide) groups is 1. The number of hydrogen-bond acceptors (Lipinski definition) is 2. The molecule has 2 heteroatoms. The maximum atomic E-state index is 5.68. The van der Waals surface area contributed by atoms with Crippen molar-refractivity contribution >= 4 is 11.8 Å². The van der Waals surface area contributed by atoms with Gasteiger partial charge in [-0.2, -0.15) is 11.8 Å². The van der Waals surface area contributed by atoms with Crippen LogP contribution in [0.2, 0.25) is 0 Å². The van der Waals surface area contributed by atoms with Gasteiger partial charge < -0.3 is 5.73 Å². The summed E-state index contributed by atoms with van der Waals surface area (Å²) in [6, 6.07) is 0. The second-order valence-corrected chi connectivity index (χ2v) is 6.49. The number of hydrogen-bond donors (Lipinski definition) is 1. The van der Waals surface area contributed by atoms with E-state index in [2.05, 4.69) is 39.5 Å². The smallest absolute Gasteiger partial charge is 0.00258 e. The minimum absolute atomic E-state index is 0.346. The Hall–Kier alpha value is 0.310. The van der Waals surface area contributed by atoms with E-state index >= 15 is 0 Å². The Morgan fingerprint density at radius 3 is 2.36 bits per heavy atom. The molecular weight excluding hydrogens is 190 g/mol. The minimum atomic E-state index is 0.346. The van der Waals surface area contributed by atoms with E-state index in [1.807, 2.05) is 0 Å². The largest absolute Gasteiger partial charge is 0.330 e. The Morgan fingerprint density at radius 2 is 1.86 bits per heavy atom. The molecule has 0 aromatic heterocycles. The van der Waals surface area contributed by atoms with Gasteiger partial charge in [0.25, 0.3) is 0 Å². The van der Waals surface area contributed by atoms with Crippen molar-refractivity contribution in [2.24, 2.45) is 17.1 Å². The van der Waals surface area contributed by atoms with E-state index in [1.165, 1.54) is 30.8 Å². The van der Waals surface area contributed by atoms with Crippen molar-refractivity contribution in [1.29, 1.82) is 0 Å². The summed E-state index contributed by atoms with van der Waals surface area (Å²) in [7, 11) is 0. The fourth-order valence-corrected chi connectivity index (χ4v) is 2.37. The standard InChI is InChI=1S/C12H27NS/c1-11(2)6-9-14-8-5-7-12(3,4)10-13/h11H,5-10,13H2,1-4H3. The van der Waals surface area contributed by atoms with E-state index in [0.29, 0.717) is 5.41 Å². The summed E-state index contributed by atoms with van der Waals surface area (Å²) < 4.78 is 0. The lowest BCUT2D eigenvalue weighted by Gasteiger charge is -2.21. The molecule has 0 radical (unpaired) electrons. The molecule has 0 spiro atoms. The van der Waals surface area contributed by atoms with Crippen molar-refractivity contribution in [2.75, 3.05) is 18.1 Å². The van der Waals surface area contributed by atoms with E-state index in [0.717, 1.165) is 12.5 Å². The van der Waals surface area contributed by atoms with Crippen LogP contribution in [0, 0.1) is 11.3 Å². The molecule has 0 aromatic carbocycles. The van der Waals surface area contributed by atoms with Crippen molar-refractivity contribution in [1.82, 2.24) is 0 Å². The average Bonchev–Trinajstić information content (AvgIpc) is 2.10. The highest BCUT2D eigenvalue weighted by Crippen LogP contribution is 2.22. The van der Waals surface area contributed by atoms with Gasteiger partial charge in [-0.3, -0.25) is 0 Å². The minimum Gasteiger partial charge on any atom is -0.330 e. The Bertz CT molecular complexity index is 132. The summed E-state index contributed by atoms with van der Waals surface area (Å²) in [5, 5.41) is 0. The molecule has 0 heterocycles. The van der Waals surface area contributed by atoms with Crippen LogP contribution in [0.4, 0.5) is 0 Å². The molecule has 0 fully saturated rings. The van der Waals surface area contributed by atoms with E-state index < -0.39 is 0 Å². The molecule has 0 bridgehead atoms. The molecule has 86 valence electrons. The van der Waals surface area contributed by atoms with Gasteiger partial charge >= 0.3 is 0 Å². The summed E-state index contributed by atoms with van der Waals surface area (Å²) >= 11 is 2.09. The highest BCUT2D eigenvalue weighted by molar-refractivity contribution is 7.99. The van der Waals surface area contributed by atoms with Crippen LogP contribution in [-0.4, -0.2) is 18.1 Å². The molecule has 0 saturated carbocycles. The maximum Gasteiger partial charge on any atom is -0.00258 e. The first-order valence-corrected chi connectivity index (χ1v) is 6.91. The van der Waals surface area contributed by atoms with Crippen LogP contribution in [0.15, 0.2) is 0 Å². The van der Waals surface area contributed by atoms with E-state index in [9.17, 15) is 0 Å². The molecule has 0 aromatic rings. The molecule has 0 aliphatic carbocycles. The highest BCUT2D eigenvalue weighted by atomic mass is 32.2. The third-order valence-electron chi connectivity index (χ3n) is 2.53. The van der Waals surface area contributed by atoms with E-state index in [4.69, 9.17) is 5.73 Å². The van der Waals surface area contributed by atoms with Crippen molar-refractivity contribution in [3.8, 4) is 0 Å². The second-order valence-electron chi connectivity index (χ2n) is 5.27. The topological polar surface area (TPSA) is 26.0 Å². The average molecular weight is 217 g/mol. The van der Waals surface area contributed by atoms with Gasteiger partial charge in [-0.15, -0.1) is 0 Å². The molecule has 0 aliphatic rings.